The van der Waals surface area contributed by atoms with Gasteiger partial charge in [-0.2, -0.15) is 5.26 Å². The Balaban J connectivity index is 2.13. The minimum absolute atomic E-state index is 0.553. The predicted octanol–water partition coefficient (Wildman–Crippen LogP) is 3.70. The predicted molar refractivity (Wildman–Crippen MR) is 75.4 cm³/mol. The average Bonchev–Trinajstić information content (AvgIpc) is 2.46. The number of hydrogen-bond donors (Lipinski definition) is 0. The van der Waals surface area contributed by atoms with Crippen LogP contribution in [0.4, 0.5) is 5.69 Å². The second kappa shape index (κ2) is 5.88. The number of rotatable bonds is 4. The molecule has 2 aromatic rings. The Kier molecular flexibility index (Phi) is 3.98. The molecule has 0 aliphatic rings. The molecular weight excluding hydrogens is 220 g/mol. The molecule has 90 valence electrons. The van der Waals surface area contributed by atoms with Gasteiger partial charge in [-0.25, -0.2) is 0 Å². The maximum atomic E-state index is 8.58. The van der Waals surface area contributed by atoms with Gasteiger partial charge in [-0.1, -0.05) is 42.5 Å². The van der Waals surface area contributed by atoms with E-state index in [4.69, 9.17) is 5.26 Å². The van der Waals surface area contributed by atoms with Crippen molar-refractivity contribution in [2.45, 2.75) is 6.42 Å². The molecule has 0 unspecified atom stereocenters. The van der Waals surface area contributed by atoms with Crippen LogP contribution in [0.15, 0.2) is 54.6 Å². The molecule has 0 N–H and O–H groups in total. The van der Waals surface area contributed by atoms with E-state index in [1.54, 1.807) is 0 Å². The molecule has 0 bridgehead atoms. The first kappa shape index (κ1) is 12.2. The molecule has 2 heteroatoms. The lowest BCUT2D eigenvalue weighted by Gasteiger charge is -2.17. The van der Waals surface area contributed by atoms with Crippen LogP contribution in [0.2, 0.25) is 0 Å². The molecule has 2 nitrogen and oxygen atoms in total. The van der Waals surface area contributed by atoms with E-state index >= 15 is 0 Å². The van der Waals surface area contributed by atoms with Crippen molar-refractivity contribution in [3.8, 4) is 17.2 Å². The van der Waals surface area contributed by atoms with Crippen molar-refractivity contribution in [2.75, 3.05) is 18.5 Å². The van der Waals surface area contributed by atoms with Crippen LogP contribution in [0, 0.1) is 11.3 Å². The van der Waals surface area contributed by atoms with Crippen molar-refractivity contribution >= 4 is 5.69 Å². The van der Waals surface area contributed by atoms with E-state index in [9.17, 15) is 0 Å². The molecule has 0 aromatic heterocycles. The molecule has 0 saturated heterocycles. The van der Waals surface area contributed by atoms with E-state index in [1.807, 2.05) is 25.2 Å². The Morgan fingerprint density at radius 1 is 0.944 bits per heavy atom. The Hall–Kier alpha value is -2.27. The fourth-order valence-corrected chi connectivity index (χ4v) is 1.89. The van der Waals surface area contributed by atoms with Crippen LogP contribution >= 0.6 is 0 Å². The van der Waals surface area contributed by atoms with Crippen molar-refractivity contribution in [1.29, 1.82) is 5.26 Å². The first-order valence-electron chi connectivity index (χ1n) is 6.05. The Morgan fingerprint density at radius 3 is 2.17 bits per heavy atom. The summed E-state index contributed by atoms with van der Waals surface area (Å²) in [6.07, 6.45) is 0.553. The zero-order chi connectivity index (χ0) is 12.8. The van der Waals surface area contributed by atoms with Crippen molar-refractivity contribution in [3.63, 3.8) is 0 Å². The van der Waals surface area contributed by atoms with Gasteiger partial charge in [0.15, 0.2) is 0 Å². The highest BCUT2D eigenvalue weighted by atomic mass is 15.1. The number of hydrogen-bond acceptors (Lipinski definition) is 2. The first-order chi connectivity index (χ1) is 8.81. The molecule has 0 aliphatic heterocycles. The zero-order valence-corrected chi connectivity index (χ0v) is 10.5. The molecule has 0 heterocycles. The minimum atomic E-state index is 0.553. The maximum Gasteiger partial charge on any atom is 0.0640 e. The fourth-order valence-electron chi connectivity index (χ4n) is 1.89. The quantitative estimate of drug-likeness (QED) is 0.809. The third-order valence-electron chi connectivity index (χ3n) is 2.97. The molecule has 2 aromatic carbocycles. The average molecular weight is 236 g/mol. The monoisotopic (exact) mass is 236 g/mol. The summed E-state index contributed by atoms with van der Waals surface area (Å²) in [5, 5.41) is 8.58. The number of anilines is 1. The number of benzene rings is 2. The summed E-state index contributed by atoms with van der Waals surface area (Å²) in [5.74, 6) is 0. The standard InChI is InChI=1S/C16H16N2/c1-18(13-5-12-17)16-10-8-15(9-11-16)14-6-3-2-4-7-14/h2-4,6-11H,5,13H2,1H3. The summed E-state index contributed by atoms with van der Waals surface area (Å²) in [4.78, 5) is 2.10. The van der Waals surface area contributed by atoms with Crippen molar-refractivity contribution in [1.82, 2.24) is 0 Å². The van der Waals surface area contributed by atoms with Crippen molar-refractivity contribution in [3.05, 3.63) is 54.6 Å². The van der Waals surface area contributed by atoms with Crippen molar-refractivity contribution < 1.29 is 0 Å². The molecule has 0 aliphatic carbocycles. The lowest BCUT2D eigenvalue weighted by atomic mass is 10.1. The molecule has 0 saturated carbocycles. The van der Waals surface area contributed by atoms with Gasteiger partial charge in [0.2, 0.25) is 0 Å². The second-order valence-corrected chi connectivity index (χ2v) is 4.24. The fraction of sp³-hybridized carbons (Fsp3) is 0.188. The summed E-state index contributed by atoms with van der Waals surface area (Å²) in [5.41, 5.74) is 3.58. The summed E-state index contributed by atoms with van der Waals surface area (Å²) >= 11 is 0. The van der Waals surface area contributed by atoms with E-state index in [0.29, 0.717) is 6.42 Å². The normalized spacial score (nSPS) is 9.78. The van der Waals surface area contributed by atoms with Gasteiger partial charge in [0.25, 0.3) is 0 Å². The molecular formula is C16H16N2. The summed E-state index contributed by atoms with van der Waals surface area (Å²) in [7, 11) is 2.01. The van der Waals surface area contributed by atoms with Crippen molar-refractivity contribution in [2.24, 2.45) is 0 Å². The molecule has 0 radical (unpaired) electrons. The lowest BCUT2D eigenvalue weighted by Crippen LogP contribution is -2.17. The van der Waals surface area contributed by atoms with Gasteiger partial charge in [-0.05, 0) is 23.3 Å². The molecule has 0 fully saturated rings. The number of nitrogens with zero attached hydrogens (tertiary/aromatic N) is 2. The van der Waals surface area contributed by atoms with E-state index in [1.165, 1.54) is 11.1 Å². The Morgan fingerprint density at radius 2 is 1.56 bits per heavy atom. The van der Waals surface area contributed by atoms with Gasteiger partial charge in [0.1, 0.15) is 0 Å². The van der Waals surface area contributed by atoms with Gasteiger partial charge >= 0.3 is 0 Å². The van der Waals surface area contributed by atoms with Crippen LogP contribution in [0.3, 0.4) is 0 Å². The summed E-state index contributed by atoms with van der Waals surface area (Å²) in [6, 6.07) is 20.9. The van der Waals surface area contributed by atoms with E-state index in [-0.39, 0.29) is 0 Å². The Labute approximate surface area is 108 Å². The zero-order valence-electron chi connectivity index (χ0n) is 10.5. The highest BCUT2D eigenvalue weighted by Gasteiger charge is 2.01. The minimum Gasteiger partial charge on any atom is -0.374 e. The lowest BCUT2D eigenvalue weighted by molar-refractivity contribution is 0.905. The third-order valence-corrected chi connectivity index (χ3v) is 2.97. The van der Waals surface area contributed by atoms with Gasteiger partial charge in [-0.15, -0.1) is 0 Å². The third kappa shape index (κ3) is 2.89. The summed E-state index contributed by atoms with van der Waals surface area (Å²) in [6.45, 7) is 0.765. The smallest absolute Gasteiger partial charge is 0.0640 e. The van der Waals surface area contributed by atoms with Crippen LogP contribution in [0.25, 0.3) is 11.1 Å². The largest absolute Gasteiger partial charge is 0.374 e. The van der Waals surface area contributed by atoms with E-state index in [2.05, 4.69) is 47.4 Å². The highest BCUT2D eigenvalue weighted by Crippen LogP contribution is 2.22. The van der Waals surface area contributed by atoms with Gasteiger partial charge in [0, 0.05) is 19.3 Å². The molecule has 0 atom stereocenters. The van der Waals surface area contributed by atoms with Crippen LogP contribution < -0.4 is 4.90 Å². The summed E-state index contributed by atoms with van der Waals surface area (Å²) < 4.78 is 0. The molecule has 0 spiro atoms. The van der Waals surface area contributed by atoms with E-state index in [0.717, 1.165) is 12.2 Å². The van der Waals surface area contributed by atoms with Crippen LogP contribution in [-0.2, 0) is 0 Å². The van der Waals surface area contributed by atoms with Crippen LogP contribution in [0.5, 0.6) is 0 Å². The molecule has 18 heavy (non-hydrogen) atoms. The molecule has 0 amide bonds. The Bertz CT molecular complexity index is 523. The van der Waals surface area contributed by atoms with Gasteiger partial charge in [0.05, 0.1) is 12.5 Å². The van der Waals surface area contributed by atoms with Crippen LogP contribution in [-0.4, -0.2) is 13.6 Å². The highest BCUT2D eigenvalue weighted by molar-refractivity contribution is 5.66. The first-order valence-corrected chi connectivity index (χ1v) is 6.05. The molecule has 2 rings (SSSR count). The topological polar surface area (TPSA) is 27.0 Å². The van der Waals surface area contributed by atoms with E-state index < -0.39 is 0 Å². The maximum absolute atomic E-state index is 8.58. The SMILES string of the molecule is CN(CCC#N)c1ccc(-c2ccccc2)cc1. The number of nitriles is 1. The van der Waals surface area contributed by atoms with Gasteiger partial charge < -0.3 is 4.90 Å². The second-order valence-electron chi connectivity index (χ2n) is 4.24. The van der Waals surface area contributed by atoms with Crippen LogP contribution in [0.1, 0.15) is 6.42 Å². The van der Waals surface area contributed by atoms with Gasteiger partial charge in [-0.3, -0.25) is 0 Å².